The van der Waals surface area contributed by atoms with E-state index in [1.165, 1.54) is 24.0 Å². The quantitative estimate of drug-likeness (QED) is 0.554. The maximum Gasteiger partial charge on any atom is 0.340 e. The average molecular weight is 319 g/mol. The minimum atomic E-state index is -0.599. The average Bonchev–Trinajstić information content (AvgIpc) is 2.95. The number of nitrogens with two attached hydrogens (primary N) is 1. The summed E-state index contributed by atoms with van der Waals surface area (Å²) in [6.07, 6.45) is 0. The SMILES string of the molecule is COC(=O)c1cc(N)c(Cl)c2nn(-c3ccccc3O)nc12. The Morgan fingerprint density at radius 2 is 2.00 bits per heavy atom. The molecule has 2 aromatic carbocycles. The van der Waals surface area contributed by atoms with Crippen LogP contribution in [0.2, 0.25) is 5.02 Å². The predicted molar refractivity (Wildman–Crippen MR) is 81.3 cm³/mol. The van der Waals surface area contributed by atoms with Gasteiger partial charge in [0.15, 0.2) is 0 Å². The van der Waals surface area contributed by atoms with Crippen LogP contribution in [0.15, 0.2) is 30.3 Å². The number of rotatable bonds is 2. The highest BCUT2D eigenvalue weighted by molar-refractivity contribution is 6.38. The normalized spacial score (nSPS) is 10.8. The van der Waals surface area contributed by atoms with Crippen LogP contribution in [0.3, 0.4) is 0 Å². The van der Waals surface area contributed by atoms with Gasteiger partial charge in [-0.15, -0.1) is 15.0 Å². The Kier molecular flexibility index (Phi) is 3.34. The molecule has 0 saturated carbocycles. The summed E-state index contributed by atoms with van der Waals surface area (Å²) in [4.78, 5) is 13.0. The third kappa shape index (κ3) is 2.11. The molecule has 0 bridgehead atoms. The number of methoxy groups -OCH3 is 1. The monoisotopic (exact) mass is 318 g/mol. The van der Waals surface area contributed by atoms with E-state index in [9.17, 15) is 9.90 Å². The summed E-state index contributed by atoms with van der Waals surface area (Å²) in [6, 6.07) is 7.91. The zero-order chi connectivity index (χ0) is 15.9. The number of fused-ring (bicyclic) bond motifs is 1. The number of hydrogen-bond acceptors (Lipinski definition) is 6. The lowest BCUT2D eigenvalue weighted by atomic mass is 10.1. The van der Waals surface area contributed by atoms with Crippen molar-refractivity contribution < 1.29 is 14.6 Å². The molecular formula is C14H11ClN4O3. The van der Waals surface area contributed by atoms with Crippen molar-refractivity contribution in [2.45, 2.75) is 0 Å². The number of nitrogens with zero attached hydrogens (tertiary/aromatic N) is 3. The van der Waals surface area contributed by atoms with Gasteiger partial charge >= 0.3 is 5.97 Å². The molecule has 0 radical (unpaired) electrons. The predicted octanol–water partition coefficient (Wildman–Crippen LogP) is 2.15. The summed E-state index contributed by atoms with van der Waals surface area (Å²) >= 11 is 6.13. The number of carbonyl (C=O) groups is 1. The van der Waals surface area contributed by atoms with Crippen molar-refractivity contribution in [1.82, 2.24) is 15.0 Å². The van der Waals surface area contributed by atoms with E-state index in [0.717, 1.165) is 0 Å². The minimum Gasteiger partial charge on any atom is -0.506 e. The second kappa shape index (κ2) is 5.19. The number of phenols is 1. The Balaban J connectivity index is 2.32. The van der Waals surface area contributed by atoms with Crippen LogP contribution in [0, 0.1) is 0 Å². The molecule has 0 aliphatic heterocycles. The molecule has 0 amide bonds. The first kappa shape index (κ1) is 14.2. The molecule has 8 heteroatoms. The van der Waals surface area contributed by atoms with E-state index in [4.69, 9.17) is 22.1 Å². The number of esters is 1. The first-order valence-electron chi connectivity index (χ1n) is 6.24. The van der Waals surface area contributed by atoms with Crippen molar-refractivity contribution in [1.29, 1.82) is 0 Å². The molecule has 0 fully saturated rings. The summed E-state index contributed by atoms with van der Waals surface area (Å²) in [5, 5.41) is 18.5. The number of nitrogen functional groups attached to an aromatic ring is 1. The zero-order valence-electron chi connectivity index (χ0n) is 11.4. The number of hydrogen-bond donors (Lipinski definition) is 2. The van der Waals surface area contributed by atoms with E-state index in [1.807, 2.05) is 0 Å². The summed E-state index contributed by atoms with van der Waals surface area (Å²) in [6.45, 7) is 0. The van der Waals surface area contributed by atoms with Crippen molar-refractivity contribution >= 4 is 34.3 Å². The number of carbonyl (C=O) groups excluding carboxylic acids is 1. The van der Waals surface area contributed by atoms with E-state index >= 15 is 0 Å². The van der Waals surface area contributed by atoms with Crippen LogP contribution < -0.4 is 5.73 Å². The largest absolute Gasteiger partial charge is 0.506 e. The number of aromatic hydroxyl groups is 1. The first-order valence-corrected chi connectivity index (χ1v) is 6.62. The van der Waals surface area contributed by atoms with Crippen LogP contribution in [0.25, 0.3) is 16.7 Å². The molecule has 0 aliphatic carbocycles. The lowest BCUT2D eigenvalue weighted by Crippen LogP contribution is -2.04. The van der Waals surface area contributed by atoms with Crippen LogP contribution in [0.5, 0.6) is 5.75 Å². The number of ether oxygens (including phenoxy) is 1. The van der Waals surface area contributed by atoms with Crippen LogP contribution in [-0.4, -0.2) is 33.2 Å². The molecule has 22 heavy (non-hydrogen) atoms. The number of aromatic nitrogens is 3. The van der Waals surface area contributed by atoms with E-state index in [2.05, 4.69) is 10.2 Å². The Morgan fingerprint density at radius 1 is 1.32 bits per heavy atom. The van der Waals surface area contributed by atoms with Crippen LogP contribution in [0.4, 0.5) is 5.69 Å². The lowest BCUT2D eigenvalue weighted by molar-refractivity contribution is 0.0603. The molecule has 0 atom stereocenters. The third-order valence-corrected chi connectivity index (χ3v) is 3.53. The molecule has 3 aromatic rings. The van der Waals surface area contributed by atoms with Crippen LogP contribution >= 0.6 is 11.6 Å². The molecule has 1 aromatic heterocycles. The van der Waals surface area contributed by atoms with Gasteiger partial charge in [-0.25, -0.2) is 4.79 Å². The van der Waals surface area contributed by atoms with Gasteiger partial charge in [-0.1, -0.05) is 23.7 Å². The van der Waals surface area contributed by atoms with Gasteiger partial charge in [-0.3, -0.25) is 0 Å². The fourth-order valence-corrected chi connectivity index (χ4v) is 2.25. The van der Waals surface area contributed by atoms with E-state index in [0.29, 0.717) is 5.69 Å². The van der Waals surface area contributed by atoms with Crippen molar-refractivity contribution in [3.8, 4) is 11.4 Å². The van der Waals surface area contributed by atoms with Gasteiger partial charge in [-0.2, -0.15) is 0 Å². The molecular weight excluding hydrogens is 308 g/mol. The lowest BCUT2D eigenvalue weighted by Gasteiger charge is -2.03. The maximum atomic E-state index is 11.9. The van der Waals surface area contributed by atoms with Gasteiger partial charge < -0.3 is 15.6 Å². The molecule has 1 heterocycles. The summed E-state index contributed by atoms with van der Waals surface area (Å²) < 4.78 is 4.71. The zero-order valence-corrected chi connectivity index (χ0v) is 12.2. The van der Waals surface area contributed by atoms with Gasteiger partial charge in [0.25, 0.3) is 0 Å². The highest BCUT2D eigenvalue weighted by Gasteiger charge is 2.20. The number of anilines is 1. The van der Waals surface area contributed by atoms with Crippen LogP contribution in [-0.2, 0) is 4.74 Å². The summed E-state index contributed by atoms with van der Waals surface area (Å²) in [5.74, 6) is -0.607. The molecule has 0 unspecified atom stereocenters. The number of halogens is 1. The molecule has 7 nitrogen and oxygen atoms in total. The number of benzene rings is 2. The van der Waals surface area contributed by atoms with E-state index in [-0.39, 0.29) is 33.1 Å². The summed E-state index contributed by atoms with van der Waals surface area (Å²) in [5.41, 5.74) is 6.99. The van der Waals surface area contributed by atoms with Crippen molar-refractivity contribution in [2.24, 2.45) is 0 Å². The molecule has 0 saturated heterocycles. The Bertz CT molecular complexity index is 891. The Morgan fingerprint density at radius 3 is 2.68 bits per heavy atom. The topological polar surface area (TPSA) is 103 Å². The van der Waals surface area contributed by atoms with Crippen molar-refractivity contribution in [2.75, 3.05) is 12.8 Å². The minimum absolute atomic E-state index is 0.00785. The number of phenolic OH excluding ortho intramolecular Hbond substituents is 1. The van der Waals surface area contributed by atoms with Crippen molar-refractivity contribution in [3.05, 3.63) is 40.9 Å². The fourth-order valence-electron chi connectivity index (χ4n) is 2.07. The smallest absolute Gasteiger partial charge is 0.340 e. The van der Waals surface area contributed by atoms with Gasteiger partial charge in [0, 0.05) is 0 Å². The van der Waals surface area contributed by atoms with Gasteiger partial charge in [0.2, 0.25) is 0 Å². The highest BCUT2D eigenvalue weighted by Crippen LogP contribution is 2.31. The van der Waals surface area contributed by atoms with Gasteiger partial charge in [-0.05, 0) is 18.2 Å². The van der Waals surface area contributed by atoms with Crippen LogP contribution in [0.1, 0.15) is 10.4 Å². The molecule has 0 aliphatic rings. The fraction of sp³-hybridized carbons (Fsp3) is 0.0714. The Hall–Kier alpha value is -2.80. The second-order valence-electron chi connectivity index (χ2n) is 4.49. The standard InChI is InChI=1S/C14H11ClN4O3/c1-22-14(21)7-6-8(16)11(15)13-12(7)17-19(18-13)9-4-2-3-5-10(9)20/h2-6,20H,16H2,1H3. The highest BCUT2D eigenvalue weighted by atomic mass is 35.5. The Labute approximate surface area is 129 Å². The van der Waals surface area contributed by atoms with Gasteiger partial charge in [0.1, 0.15) is 22.5 Å². The number of para-hydroxylation sites is 2. The van der Waals surface area contributed by atoms with E-state index < -0.39 is 5.97 Å². The molecule has 0 spiro atoms. The summed E-state index contributed by atoms with van der Waals surface area (Å²) in [7, 11) is 1.26. The third-order valence-electron chi connectivity index (χ3n) is 3.13. The molecule has 3 rings (SSSR count). The van der Waals surface area contributed by atoms with E-state index in [1.54, 1.807) is 18.2 Å². The van der Waals surface area contributed by atoms with Crippen molar-refractivity contribution in [3.63, 3.8) is 0 Å². The second-order valence-corrected chi connectivity index (χ2v) is 4.87. The molecule has 3 N–H and O–H groups in total. The first-order chi connectivity index (χ1) is 10.5. The molecule has 112 valence electrons. The van der Waals surface area contributed by atoms with Gasteiger partial charge in [0.05, 0.1) is 23.4 Å². The maximum absolute atomic E-state index is 11.9.